The summed E-state index contributed by atoms with van der Waals surface area (Å²) in [5, 5.41) is 0.532. The Morgan fingerprint density at radius 3 is 2.62 bits per heavy atom. The summed E-state index contributed by atoms with van der Waals surface area (Å²) in [6.45, 7) is 4.37. The van der Waals surface area contributed by atoms with Crippen molar-refractivity contribution in [1.82, 2.24) is 0 Å². The summed E-state index contributed by atoms with van der Waals surface area (Å²) in [6.07, 6.45) is 2.71. The first kappa shape index (κ1) is 14.0. The Morgan fingerprint density at radius 1 is 1.38 bits per heavy atom. The highest BCUT2D eigenvalue weighted by Crippen LogP contribution is 2.24. The van der Waals surface area contributed by atoms with Crippen molar-refractivity contribution in [1.29, 1.82) is 0 Å². The van der Waals surface area contributed by atoms with Crippen LogP contribution in [0.4, 0.5) is 4.39 Å². The molecule has 0 saturated heterocycles. The van der Waals surface area contributed by atoms with E-state index in [2.05, 4.69) is 29.8 Å². The van der Waals surface area contributed by atoms with E-state index in [-0.39, 0.29) is 5.82 Å². The zero-order valence-corrected chi connectivity index (χ0v) is 12.0. The predicted octanol–water partition coefficient (Wildman–Crippen LogP) is 5.22. The SMILES string of the molecule is CC(C)CC(Br)CCc1c(F)cccc1Cl. The third-order valence-corrected chi connectivity index (χ3v) is 3.68. The van der Waals surface area contributed by atoms with Crippen LogP contribution in [0.1, 0.15) is 32.3 Å². The number of alkyl halides is 1. The monoisotopic (exact) mass is 306 g/mol. The van der Waals surface area contributed by atoms with Gasteiger partial charge in [-0.3, -0.25) is 0 Å². The fourth-order valence-electron chi connectivity index (χ4n) is 1.70. The van der Waals surface area contributed by atoms with E-state index in [0.29, 0.717) is 27.8 Å². The molecule has 0 aromatic heterocycles. The number of rotatable bonds is 5. The summed E-state index contributed by atoms with van der Waals surface area (Å²) in [6, 6.07) is 4.85. The van der Waals surface area contributed by atoms with Gasteiger partial charge in [0.05, 0.1) is 0 Å². The highest BCUT2D eigenvalue weighted by molar-refractivity contribution is 9.09. The predicted molar refractivity (Wildman–Crippen MR) is 71.9 cm³/mol. The van der Waals surface area contributed by atoms with Crippen LogP contribution in [-0.4, -0.2) is 4.83 Å². The molecule has 0 fully saturated rings. The lowest BCUT2D eigenvalue weighted by Gasteiger charge is -2.13. The number of halogens is 3. The largest absolute Gasteiger partial charge is 0.207 e. The molecule has 0 N–H and O–H groups in total. The Balaban J connectivity index is 2.54. The van der Waals surface area contributed by atoms with Crippen LogP contribution in [0.3, 0.4) is 0 Å². The van der Waals surface area contributed by atoms with E-state index in [1.807, 2.05) is 0 Å². The van der Waals surface area contributed by atoms with Gasteiger partial charge in [-0.1, -0.05) is 47.4 Å². The Labute approximate surface area is 110 Å². The Morgan fingerprint density at radius 2 is 2.06 bits per heavy atom. The Hall–Kier alpha value is -0.0800. The van der Waals surface area contributed by atoms with Crippen LogP contribution in [0, 0.1) is 11.7 Å². The van der Waals surface area contributed by atoms with Crippen LogP contribution in [0.5, 0.6) is 0 Å². The molecule has 0 radical (unpaired) electrons. The van der Waals surface area contributed by atoms with Gasteiger partial charge in [-0.2, -0.15) is 0 Å². The molecule has 0 spiro atoms. The molecule has 1 atom stereocenters. The molecule has 90 valence electrons. The molecule has 1 aromatic carbocycles. The van der Waals surface area contributed by atoms with E-state index in [0.717, 1.165) is 12.8 Å². The maximum Gasteiger partial charge on any atom is 0.127 e. The lowest BCUT2D eigenvalue weighted by molar-refractivity contribution is 0.547. The van der Waals surface area contributed by atoms with Gasteiger partial charge in [0.15, 0.2) is 0 Å². The van der Waals surface area contributed by atoms with Crippen LogP contribution >= 0.6 is 27.5 Å². The van der Waals surface area contributed by atoms with Gasteiger partial charge < -0.3 is 0 Å². The third kappa shape index (κ3) is 4.42. The molecule has 0 bridgehead atoms. The fourth-order valence-corrected chi connectivity index (χ4v) is 2.94. The summed E-state index contributed by atoms with van der Waals surface area (Å²) in [5.74, 6) is 0.456. The van der Waals surface area contributed by atoms with Gasteiger partial charge in [0.25, 0.3) is 0 Å². The summed E-state index contributed by atoms with van der Waals surface area (Å²) < 4.78 is 13.5. The quantitative estimate of drug-likeness (QED) is 0.654. The van der Waals surface area contributed by atoms with Gasteiger partial charge in [-0.05, 0) is 37.3 Å². The highest BCUT2D eigenvalue weighted by atomic mass is 79.9. The van der Waals surface area contributed by atoms with Crippen molar-refractivity contribution in [2.45, 2.75) is 37.9 Å². The van der Waals surface area contributed by atoms with Gasteiger partial charge in [-0.15, -0.1) is 0 Å². The first-order valence-electron chi connectivity index (χ1n) is 5.57. The van der Waals surface area contributed by atoms with Crippen molar-refractivity contribution in [2.75, 3.05) is 0 Å². The lowest BCUT2D eigenvalue weighted by atomic mass is 10.0. The Kier molecular flexibility index (Phi) is 5.77. The number of hydrogen-bond acceptors (Lipinski definition) is 0. The van der Waals surface area contributed by atoms with Gasteiger partial charge in [0, 0.05) is 15.4 Å². The molecule has 16 heavy (non-hydrogen) atoms. The molecule has 1 unspecified atom stereocenters. The van der Waals surface area contributed by atoms with E-state index < -0.39 is 0 Å². The van der Waals surface area contributed by atoms with Crippen LogP contribution in [0.25, 0.3) is 0 Å². The maximum absolute atomic E-state index is 13.5. The summed E-state index contributed by atoms with van der Waals surface area (Å²) in [4.78, 5) is 0.433. The second-order valence-electron chi connectivity index (χ2n) is 4.47. The molecule has 0 aliphatic heterocycles. The minimum absolute atomic E-state index is 0.197. The second kappa shape index (κ2) is 6.61. The first-order valence-corrected chi connectivity index (χ1v) is 6.87. The zero-order chi connectivity index (χ0) is 12.1. The van der Waals surface area contributed by atoms with E-state index in [9.17, 15) is 4.39 Å². The van der Waals surface area contributed by atoms with Crippen LogP contribution in [-0.2, 0) is 6.42 Å². The Bertz CT molecular complexity index is 318. The molecule has 0 aliphatic rings. The topological polar surface area (TPSA) is 0 Å². The average molecular weight is 308 g/mol. The molecule has 0 saturated carbocycles. The summed E-state index contributed by atoms with van der Waals surface area (Å²) >= 11 is 9.58. The standard InChI is InChI=1S/C13H17BrClF/c1-9(2)8-10(14)6-7-11-12(15)4-3-5-13(11)16/h3-5,9-10H,6-8H2,1-2H3. The van der Waals surface area contributed by atoms with Crippen molar-refractivity contribution in [3.63, 3.8) is 0 Å². The van der Waals surface area contributed by atoms with Crippen molar-refractivity contribution in [2.24, 2.45) is 5.92 Å². The van der Waals surface area contributed by atoms with Crippen LogP contribution in [0.15, 0.2) is 18.2 Å². The molecule has 0 aliphatic carbocycles. The first-order chi connectivity index (χ1) is 7.50. The molecule has 0 amide bonds. The smallest absolute Gasteiger partial charge is 0.127 e. The van der Waals surface area contributed by atoms with Gasteiger partial charge in [0.2, 0.25) is 0 Å². The molecule has 1 aromatic rings. The van der Waals surface area contributed by atoms with E-state index >= 15 is 0 Å². The van der Waals surface area contributed by atoms with Gasteiger partial charge in [-0.25, -0.2) is 4.39 Å². The highest BCUT2D eigenvalue weighted by Gasteiger charge is 2.11. The summed E-state index contributed by atoms with van der Waals surface area (Å²) in [7, 11) is 0. The second-order valence-corrected chi connectivity index (χ2v) is 6.17. The zero-order valence-electron chi connectivity index (χ0n) is 9.64. The van der Waals surface area contributed by atoms with E-state index in [1.165, 1.54) is 6.07 Å². The lowest BCUT2D eigenvalue weighted by Crippen LogP contribution is -2.05. The normalized spacial score (nSPS) is 13.1. The molecule has 1 rings (SSSR count). The molecule has 0 nitrogen and oxygen atoms in total. The van der Waals surface area contributed by atoms with E-state index in [1.54, 1.807) is 12.1 Å². The van der Waals surface area contributed by atoms with Crippen molar-refractivity contribution in [3.05, 3.63) is 34.6 Å². The number of hydrogen-bond donors (Lipinski definition) is 0. The van der Waals surface area contributed by atoms with Crippen molar-refractivity contribution < 1.29 is 4.39 Å². The van der Waals surface area contributed by atoms with Crippen LogP contribution in [0.2, 0.25) is 5.02 Å². The van der Waals surface area contributed by atoms with Crippen molar-refractivity contribution >= 4 is 27.5 Å². The fraction of sp³-hybridized carbons (Fsp3) is 0.538. The summed E-state index contributed by atoms with van der Waals surface area (Å²) in [5.41, 5.74) is 0.636. The maximum atomic E-state index is 13.5. The minimum atomic E-state index is -0.197. The molecular formula is C13H17BrClF. The van der Waals surface area contributed by atoms with Crippen LogP contribution < -0.4 is 0 Å². The van der Waals surface area contributed by atoms with Gasteiger partial charge >= 0.3 is 0 Å². The van der Waals surface area contributed by atoms with Gasteiger partial charge in [0.1, 0.15) is 5.82 Å². The average Bonchev–Trinajstić information content (AvgIpc) is 2.15. The molecule has 3 heteroatoms. The van der Waals surface area contributed by atoms with Crippen molar-refractivity contribution in [3.8, 4) is 0 Å². The van der Waals surface area contributed by atoms with E-state index in [4.69, 9.17) is 11.6 Å². The third-order valence-electron chi connectivity index (χ3n) is 2.50. The molecule has 0 heterocycles. The minimum Gasteiger partial charge on any atom is -0.207 e. The number of benzene rings is 1. The molecular weight excluding hydrogens is 290 g/mol.